The number of alkyl halides is 6. The second-order valence-electron chi connectivity index (χ2n) is 9.40. The second-order valence-corrected chi connectivity index (χ2v) is 9.40. The van der Waals surface area contributed by atoms with Crippen LogP contribution in [0.5, 0.6) is 0 Å². The lowest BCUT2D eigenvalue weighted by Gasteiger charge is -2.36. The number of carbonyl (C=O) groups is 1. The fourth-order valence-electron chi connectivity index (χ4n) is 5.21. The maximum atomic E-state index is 13.5. The molecule has 1 fully saturated rings. The van der Waals surface area contributed by atoms with Gasteiger partial charge in [0.25, 0.3) is 0 Å². The average molecular weight is 509 g/mol. The Morgan fingerprint density at radius 1 is 0.944 bits per heavy atom. The van der Waals surface area contributed by atoms with Crippen LogP contribution in [0, 0.1) is 5.92 Å². The number of benzene rings is 3. The summed E-state index contributed by atoms with van der Waals surface area (Å²) in [4.78, 5) is 13.7. The Kier molecular flexibility index (Phi) is 7.05. The summed E-state index contributed by atoms with van der Waals surface area (Å²) < 4.78 is 80.9. The minimum atomic E-state index is -4.92. The molecule has 0 spiro atoms. The van der Waals surface area contributed by atoms with Crippen LogP contribution in [0.3, 0.4) is 0 Å². The van der Waals surface area contributed by atoms with E-state index >= 15 is 0 Å². The summed E-state index contributed by atoms with van der Waals surface area (Å²) in [7, 11) is 0. The highest BCUT2D eigenvalue weighted by Gasteiger charge is 2.39. The van der Waals surface area contributed by atoms with E-state index in [0.717, 1.165) is 28.5 Å². The first-order chi connectivity index (χ1) is 16.8. The first-order valence-corrected chi connectivity index (χ1v) is 11.7. The van der Waals surface area contributed by atoms with E-state index in [1.54, 1.807) is 0 Å². The zero-order valence-corrected chi connectivity index (χ0v) is 19.5. The van der Waals surface area contributed by atoms with Crippen molar-refractivity contribution in [1.29, 1.82) is 0 Å². The van der Waals surface area contributed by atoms with Crippen LogP contribution >= 0.6 is 0 Å². The van der Waals surface area contributed by atoms with Gasteiger partial charge in [-0.05, 0) is 66.3 Å². The molecule has 0 aliphatic heterocycles. The molecule has 3 aromatic rings. The van der Waals surface area contributed by atoms with Gasteiger partial charge in [-0.2, -0.15) is 26.3 Å². The minimum absolute atomic E-state index is 0.0910. The van der Waals surface area contributed by atoms with Gasteiger partial charge in [-0.3, -0.25) is 9.69 Å². The van der Waals surface area contributed by atoms with Gasteiger partial charge in [0.05, 0.1) is 11.1 Å². The molecule has 0 saturated heterocycles. The van der Waals surface area contributed by atoms with E-state index in [1.807, 2.05) is 54.3 Å². The van der Waals surface area contributed by atoms with Crippen molar-refractivity contribution < 1.29 is 31.1 Å². The molecule has 3 nitrogen and oxygen atoms in total. The number of fused-ring (bicyclic) bond motifs is 1. The monoisotopic (exact) mass is 508 g/mol. The normalized spacial score (nSPS) is 19.7. The predicted molar refractivity (Wildman–Crippen MR) is 125 cm³/mol. The molecule has 36 heavy (non-hydrogen) atoms. The van der Waals surface area contributed by atoms with Crippen molar-refractivity contribution in [3.63, 3.8) is 0 Å². The quantitative estimate of drug-likeness (QED) is 0.361. The van der Waals surface area contributed by atoms with Crippen molar-refractivity contribution >= 4 is 16.7 Å². The molecule has 1 amide bonds. The average Bonchev–Trinajstić information content (AvgIpc) is 3.31. The van der Waals surface area contributed by atoms with Crippen molar-refractivity contribution in [3.05, 3.63) is 82.9 Å². The molecule has 2 N–H and O–H groups in total. The highest BCUT2D eigenvalue weighted by atomic mass is 19.4. The summed E-state index contributed by atoms with van der Waals surface area (Å²) in [6, 6.07) is 14.5. The van der Waals surface area contributed by atoms with Gasteiger partial charge in [0, 0.05) is 24.5 Å². The van der Waals surface area contributed by atoms with Crippen LogP contribution in [-0.2, 0) is 23.7 Å². The van der Waals surface area contributed by atoms with E-state index in [2.05, 4.69) is 0 Å². The maximum absolute atomic E-state index is 13.5. The SMILES string of the molecule is CC(c1cccc2ccccc12)N(Cc1cc(C(F)(F)F)cc(C(F)(F)F)c1)C1CCC(C(N)=O)C1. The van der Waals surface area contributed by atoms with Gasteiger partial charge in [0.2, 0.25) is 5.91 Å². The standard InChI is InChI=1S/C27H26F6N2O/c1-16(23-8-4-6-18-5-2-3-7-24(18)23)35(22-10-9-19(13-22)25(34)36)15-17-11-20(26(28,29)30)14-21(12-17)27(31,32)33/h2-8,11-12,14,16,19,22H,9-10,13,15H2,1H3,(H2,34,36). The third kappa shape index (κ3) is 5.51. The molecule has 3 unspecified atom stereocenters. The molecule has 3 aromatic carbocycles. The van der Waals surface area contributed by atoms with Crippen LogP contribution in [0.1, 0.15) is 54.5 Å². The summed E-state index contributed by atoms with van der Waals surface area (Å²) in [5.41, 5.74) is 3.63. The summed E-state index contributed by atoms with van der Waals surface area (Å²) in [6.07, 6.45) is -8.36. The number of nitrogens with two attached hydrogens (primary N) is 1. The zero-order chi connectivity index (χ0) is 26.3. The Bertz CT molecular complexity index is 1220. The molecule has 0 heterocycles. The fraction of sp³-hybridized carbons (Fsp3) is 0.370. The van der Waals surface area contributed by atoms with E-state index in [0.29, 0.717) is 19.3 Å². The highest BCUT2D eigenvalue weighted by Crippen LogP contribution is 2.40. The Balaban J connectivity index is 1.78. The van der Waals surface area contributed by atoms with Crippen molar-refractivity contribution in [3.8, 4) is 0 Å². The van der Waals surface area contributed by atoms with Gasteiger partial charge < -0.3 is 5.73 Å². The molecule has 1 aliphatic rings. The van der Waals surface area contributed by atoms with Gasteiger partial charge in [-0.1, -0.05) is 42.5 Å². The minimum Gasteiger partial charge on any atom is -0.369 e. The maximum Gasteiger partial charge on any atom is 0.416 e. The predicted octanol–water partition coefficient (Wildman–Crippen LogP) is 7.09. The molecule has 0 aromatic heterocycles. The lowest BCUT2D eigenvalue weighted by atomic mass is 9.96. The summed E-state index contributed by atoms with van der Waals surface area (Å²) in [5.74, 6) is -0.835. The lowest BCUT2D eigenvalue weighted by molar-refractivity contribution is -0.143. The van der Waals surface area contributed by atoms with Gasteiger partial charge in [-0.25, -0.2) is 0 Å². The van der Waals surface area contributed by atoms with Crippen LogP contribution in [0.4, 0.5) is 26.3 Å². The number of carbonyl (C=O) groups excluding carboxylic acids is 1. The number of primary amides is 1. The van der Waals surface area contributed by atoms with E-state index in [1.165, 1.54) is 0 Å². The number of halogens is 6. The smallest absolute Gasteiger partial charge is 0.369 e. The lowest BCUT2D eigenvalue weighted by Crippen LogP contribution is -2.36. The molecule has 0 radical (unpaired) electrons. The van der Waals surface area contributed by atoms with E-state index < -0.39 is 29.4 Å². The molecule has 1 saturated carbocycles. The van der Waals surface area contributed by atoms with E-state index in [4.69, 9.17) is 5.73 Å². The fourth-order valence-corrected chi connectivity index (χ4v) is 5.21. The third-order valence-electron chi connectivity index (χ3n) is 7.06. The van der Waals surface area contributed by atoms with Crippen molar-refractivity contribution in [1.82, 2.24) is 4.90 Å². The summed E-state index contributed by atoms with van der Waals surface area (Å²) in [6.45, 7) is 1.74. The molecule has 4 rings (SSSR count). The topological polar surface area (TPSA) is 46.3 Å². The molecule has 0 bridgehead atoms. The van der Waals surface area contributed by atoms with E-state index in [-0.39, 0.29) is 36.2 Å². The van der Waals surface area contributed by atoms with Crippen LogP contribution in [0.15, 0.2) is 60.7 Å². The summed E-state index contributed by atoms with van der Waals surface area (Å²) in [5, 5.41) is 1.92. The largest absolute Gasteiger partial charge is 0.416 e. The molecule has 192 valence electrons. The first-order valence-electron chi connectivity index (χ1n) is 11.7. The summed E-state index contributed by atoms with van der Waals surface area (Å²) >= 11 is 0. The number of nitrogens with zero attached hydrogens (tertiary/aromatic N) is 1. The van der Waals surface area contributed by atoms with Crippen molar-refractivity contribution in [2.24, 2.45) is 11.7 Å². The van der Waals surface area contributed by atoms with Crippen molar-refractivity contribution in [2.45, 2.75) is 57.2 Å². The van der Waals surface area contributed by atoms with Crippen molar-refractivity contribution in [2.75, 3.05) is 0 Å². The van der Waals surface area contributed by atoms with Crippen LogP contribution in [0.25, 0.3) is 10.8 Å². The van der Waals surface area contributed by atoms with Gasteiger partial charge in [0.15, 0.2) is 0 Å². The number of hydrogen-bond acceptors (Lipinski definition) is 2. The first kappa shape index (κ1) is 26.0. The Hall–Kier alpha value is -3.07. The van der Waals surface area contributed by atoms with Gasteiger partial charge >= 0.3 is 12.4 Å². The Morgan fingerprint density at radius 3 is 2.14 bits per heavy atom. The number of hydrogen-bond donors (Lipinski definition) is 1. The third-order valence-corrected chi connectivity index (χ3v) is 7.06. The zero-order valence-electron chi connectivity index (χ0n) is 19.5. The van der Waals surface area contributed by atoms with Crippen LogP contribution in [0.2, 0.25) is 0 Å². The molecular formula is C27H26F6N2O. The number of rotatable bonds is 6. The molecule has 9 heteroatoms. The molecule has 1 aliphatic carbocycles. The molecule has 3 atom stereocenters. The van der Waals surface area contributed by atoms with Crippen LogP contribution in [-0.4, -0.2) is 16.8 Å². The Morgan fingerprint density at radius 2 is 1.56 bits per heavy atom. The van der Waals surface area contributed by atoms with Gasteiger partial charge in [0.1, 0.15) is 0 Å². The van der Waals surface area contributed by atoms with Gasteiger partial charge in [-0.15, -0.1) is 0 Å². The second kappa shape index (κ2) is 9.76. The number of amides is 1. The highest BCUT2D eigenvalue weighted by molar-refractivity contribution is 5.86. The van der Waals surface area contributed by atoms with Crippen LogP contribution < -0.4 is 5.73 Å². The van der Waals surface area contributed by atoms with E-state index in [9.17, 15) is 31.1 Å². The molecular weight excluding hydrogens is 482 g/mol. The Labute approximate surface area is 204 Å².